The second-order valence-electron chi connectivity index (χ2n) is 4.29. The van der Waals surface area contributed by atoms with Crippen molar-refractivity contribution in [2.75, 3.05) is 32.4 Å². The molecule has 1 aliphatic rings. The van der Waals surface area contributed by atoms with Crippen LogP contribution in [0.3, 0.4) is 0 Å². The predicted octanol–water partition coefficient (Wildman–Crippen LogP) is 0.918. The standard InChI is InChI=1S/C11H22N2O2S/c1-4-8-12-9-6-11(7-10-12)13(5-2)16(3,14)15/h4,11H,1,5-10H2,2-3H3. The Morgan fingerprint density at radius 3 is 2.38 bits per heavy atom. The molecule has 1 saturated heterocycles. The van der Waals surface area contributed by atoms with Gasteiger partial charge in [-0.1, -0.05) is 13.0 Å². The van der Waals surface area contributed by atoms with Crippen molar-refractivity contribution in [2.45, 2.75) is 25.8 Å². The minimum atomic E-state index is -3.05. The topological polar surface area (TPSA) is 40.6 Å². The summed E-state index contributed by atoms with van der Waals surface area (Å²) >= 11 is 0. The van der Waals surface area contributed by atoms with E-state index in [1.54, 1.807) is 4.31 Å². The summed E-state index contributed by atoms with van der Waals surface area (Å²) in [6.45, 7) is 9.01. The molecule has 0 aromatic rings. The molecule has 0 aromatic heterocycles. The lowest BCUT2D eigenvalue weighted by Gasteiger charge is -2.36. The third-order valence-electron chi connectivity index (χ3n) is 3.09. The minimum Gasteiger partial charge on any atom is -0.300 e. The molecule has 0 atom stereocenters. The molecule has 0 saturated carbocycles. The third-order valence-corrected chi connectivity index (χ3v) is 4.50. The van der Waals surface area contributed by atoms with Gasteiger partial charge in [0.1, 0.15) is 0 Å². The van der Waals surface area contributed by atoms with E-state index in [9.17, 15) is 8.42 Å². The Bertz CT molecular complexity index is 319. The van der Waals surface area contributed by atoms with Gasteiger partial charge in [-0.2, -0.15) is 4.31 Å². The highest BCUT2D eigenvalue weighted by atomic mass is 32.2. The molecule has 1 aliphatic heterocycles. The lowest BCUT2D eigenvalue weighted by atomic mass is 10.1. The second kappa shape index (κ2) is 5.80. The predicted molar refractivity (Wildman–Crippen MR) is 66.9 cm³/mol. The van der Waals surface area contributed by atoms with Crippen LogP contribution < -0.4 is 0 Å². The van der Waals surface area contributed by atoms with Crippen molar-refractivity contribution < 1.29 is 8.42 Å². The van der Waals surface area contributed by atoms with E-state index < -0.39 is 10.0 Å². The van der Waals surface area contributed by atoms with Gasteiger partial charge in [-0.05, 0) is 25.9 Å². The maximum Gasteiger partial charge on any atom is 0.211 e. The minimum absolute atomic E-state index is 0.182. The maximum atomic E-state index is 11.6. The fourth-order valence-electron chi connectivity index (χ4n) is 2.34. The summed E-state index contributed by atoms with van der Waals surface area (Å²) in [7, 11) is -3.05. The van der Waals surface area contributed by atoms with Gasteiger partial charge in [-0.15, -0.1) is 6.58 Å². The third kappa shape index (κ3) is 3.57. The Labute approximate surface area is 99.0 Å². The highest BCUT2D eigenvalue weighted by molar-refractivity contribution is 7.88. The molecule has 1 fully saturated rings. The van der Waals surface area contributed by atoms with Gasteiger partial charge in [0, 0.05) is 19.1 Å². The van der Waals surface area contributed by atoms with Gasteiger partial charge in [0.2, 0.25) is 10.0 Å². The van der Waals surface area contributed by atoms with Crippen LogP contribution in [0.2, 0.25) is 0 Å². The molecule has 94 valence electrons. The van der Waals surface area contributed by atoms with Crippen LogP contribution in [0.5, 0.6) is 0 Å². The Hall–Kier alpha value is -0.390. The van der Waals surface area contributed by atoms with Gasteiger partial charge in [-0.3, -0.25) is 4.90 Å². The molecule has 0 amide bonds. The number of hydrogen-bond donors (Lipinski definition) is 0. The second-order valence-corrected chi connectivity index (χ2v) is 6.22. The summed E-state index contributed by atoms with van der Waals surface area (Å²) in [6.07, 6.45) is 5.05. The first-order chi connectivity index (χ1) is 7.49. The summed E-state index contributed by atoms with van der Waals surface area (Å²) < 4.78 is 24.8. The monoisotopic (exact) mass is 246 g/mol. The van der Waals surface area contributed by atoms with Crippen LogP contribution in [0.15, 0.2) is 12.7 Å². The maximum absolute atomic E-state index is 11.6. The Morgan fingerprint density at radius 2 is 2.00 bits per heavy atom. The van der Waals surface area contributed by atoms with Crippen LogP contribution in [0.1, 0.15) is 19.8 Å². The first-order valence-electron chi connectivity index (χ1n) is 5.79. The van der Waals surface area contributed by atoms with Gasteiger partial charge in [0.15, 0.2) is 0 Å². The van der Waals surface area contributed by atoms with E-state index in [1.165, 1.54) is 6.26 Å². The molecule has 16 heavy (non-hydrogen) atoms. The molecule has 0 N–H and O–H groups in total. The molecule has 0 spiro atoms. The van der Waals surface area contributed by atoms with E-state index in [1.807, 2.05) is 13.0 Å². The first kappa shape index (κ1) is 13.7. The lowest BCUT2D eigenvalue weighted by Crippen LogP contribution is -2.46. The number of rotatable bonds is 5. The number of hydrogen-bond acceptors (Lipinski definition) is 3. The lowest BCUT2D eigenvalue weighted by molar-refractivity contribution is 0.174. The Kier molecular flexibility index (Phi) is 4.95. The summed E-state index contributed by atoms with van der Waals surface area (Å²) in [6, 6.07) is 0.182. The zero-order valence-corrected chi connectivity index (χ0v) is 11.0. The van der Waals surface area contributed by atoms with E-state index in [0.717, 1.165) is 32.5 Å². The van der Waals surface area contributed by atoms with E-state index in [0.29, 0.717) is 6.54 Å². The van der Waals surface area contributed by atoms with Crippen LogP contribution in [0.4, 0.5) is 0 Å². The normalized spacial score (nSPS) is 20.2. The molecule has 0 unspecified atom stereocenters. The molecule has 4 nitrogen and oxygen atoms in total. The zero-order valence-electron chi connectivity index (χ0n) is 10.2. The van der Waals surface area contributed by atoms with Crippen LogP contribution in [-0.2, 0) is 10.0 Å². The molecular formula is C11H22N2O2S. The van der Waals surface area contributed by atoms with Crippen molar-refractivity contribution in [1.29, 1.82) is 0 Å². The summed E-state index contributed by atoms with van der Waals surface area (Å²) in [5.41, 5.74) is 0. The Balaban J connectivity index is 2.55. The average Bonchev–Trinajstić information content (AvgIpc) is 2.20. The molecule has 0 aromatic carbocycles. The van der Waals surface area contributed by atoms with Gasteiger partial charge < -0.3 is 0 Å². The number of sulfonamides is 1. The summed E-state index contributed by atoms with van der Waals surface area (Å²) in [4.78, 5) is 2.31. The molecule has 5 heteroatoms. The number of nitrogens with zero attached hydrogens (tertiary/aromatic N) is 2. The molecule has 1 heterocycles. The van der Waals surface area contributed by atoms with Crippen molar-refractivity contribution in [3.8, 4) is 0 Å². The van der Waals surface area contributed by atoms with Crippen molar-refractivity contribution in [3.63, 3.8) is 0 Å². The van der Waals surface area contributed by atoms with Crippen molar-refractivity contribution in [2.24, 2.45) is 0 Å². The van der Waals surface area contributed by atoms with Crippen molar-refractivity contribution in [3.05, 3.63) is 12.7 Å². The quantitative estimate of drug-likeness (QED) is 0.677. The average molecular weight is 246 g/mol. The molecule has 1 rings (SSSR count). The SMILES string of the molecule is C=CCN1CCC(N(CC)S(C)(=O)=O)CC1. The number of likely N-dealkylation sites (tertiary alicyclic amines) is 1. The zero-order chi connectivity index (χ0) is 12.2. The van der Waals surface area contributed by atoms with Crippen LogP contribution >= 0.6 is 0 Å². The number of piperidine rings is 1. The molecule has 0 aliphatic carbocycles. The van der Waals surface area contributed by atoms with E-state index >= 15 is 0 Å². The largest absolute Gasteiger partial charge is 0.300 e. The van der Waals surface area contributed by atoms with Gasteiger partial charge >= 0.3 is 0 Å². The van der Waals surface area contributed by atoms with E-state index in [2.05, 4.69) is 11.5 Å². The van der Waals surface area contributed by atoms with Gasteiger partial charge in [-0.25, -0.2) is 8.42 Å². The van der Waals surface area contributed by atoms with Crippen molar-refractivity contribution in [1.82, 2.24) is 9.21 Å². The fourth-order valence-corrected chi connectivity index (χ4v) is 3.56. The highest BCUT2D eigenvalue weighted by Crippen LogP contribution is 2.18. The fraction of sp³-hybridized carbons (Fsp3) is 0.818. The Morgan fingerprint density at radius 1 is 1.44 bits per heavy atom. The molecule has 0 radical (unpaired) electrons. The highest BCUT2D eigenvalue weighted by Gasteiger charge is 2.28. The van der Waals surface area contributed by atoms with Gasteiger partial charge in [0.25, 0.3) is 0 Å². The smallest absolute Gasteiger partial charge is 0.211 e. The van der Waals surface area contributed by atoms with Crippen LogP contribution in [0.25, 0.3) is 0 Å². The molecule has 0 bridgehead atoms. The van der Waals surface area contributed by atoms with Gasteiger partial charge in [0.05, 0.1) is 6.26 Å². The van der Waals surface area contributed by atoms with Crippen LogP contribution in [-0.4, -0.2) is 56.1 Å². The molecular weight excluding hydrogens is 224 g/mol. The van der Waals surface area contributed by atoms with Crippen LogP contribution in [0, 0.1) is 0 Å². The van der Waals surface area contributed by atoms with E-state index in [-0.39, 0.29) is 6.04 Å². The van der Waals surface area contributed by atoms with E-state index in [4.69, 9.17) is 0 Å². The summed E-state index contributed by atoms with van der Waals surface area (Å²) in [5.74, 6) is 0. The summed E-state index contributed by atoms with van der Waals surface area (Å²) in [5, 5.41) is 0. The first-order valence-corrected chi connectivity index (χ1v) is 7.64. The van der Waals surface area contributed by atoms with Crippen molar-refractivity contribution >= 4 is 10.0 Å².